The van der Waals surface area contributed by atoms with Crippen molar-refractivity contribution in [1.82, 2.24) is 10.3 Å². The largest absolute Gasteiger partial charge is 0.383 e. The van der Waals surface area contributed by atoms with E-state index in [1.54, 1.807) is 23.1 Å². The lowest BCUT2D eigenvalue weighted by molar-refractivity contribution is -0.129. The molecule has 0 aromatic carbocycles. The van der Waals surface area contributed by atoms with Gasteiger partial charge in [-0.3, -0.25) is 4.79 Å². The normalized spacial score (nSPS) is 15.3. The van der Waals surface area contributed by atoms with E-state index in [1.807, 2.05) is 6.26 Å². The predicted octanol–water partition coefficient (Wildman–Crippen LogP) is 1.40. The van der Waals surface area contributed by atoms with Crippen molar-refractivity contribution in [3.05, 3.63) is 15.6 Å². The van der Waals surface area contributed by atoms with E-state index in [4.69, 9.17) is 0 Å². The molecule has 1 amide bonds. The van der Waals surface area contributed by atoms with Crippen LogP contribution in [0.4, 0.5) is 0 Å². The number of thiazole rings is 1. The molecule has 0 bridgehead atoms. The first-order chi connectivity index (χ1) is 9.20. The maximum atomic E-state index is 11.6. The molecule has 2 N–H and O–H groups in total. The Morgan fingerprint density at radius 2 is 2.42 bits per heavy atom. The molecule has 0 radical (unpaired) electrons. The molecule has 1 heterocycles. The number of aliphatic hydroxyl groups excluding tert-OH is 1. The average molecular weight is 300 g/mol. The van der Waals surface area contributed by atoms with Gasteiger partial charge in [-0.15, -0.1) is 11.3 Å². The molecule has 0 spiro atoms. The third-order valence-electron chi connectivity index (χ3n) is 3.18. The Bertz CT molecular complexity index is 413. The van der Waals surface area contributed by atoms with Gasteiger partial charge < -0.3 is 10.4 Å². The molecule has 2 rings (SSSR count). The van der Waals surface area contributed by atoms with Crippen LogP contribution in [0.25, 0.3) is 0 Å². The van der Waals surface area contributed by atoms with Crippen molar-refractivity contribution in [1.29, 1.82) is 0 Å². The minimum Gasteiger partial charge on any atom is -0.383 e. The fraction of sp³-hybridized carbons (Fsp3) is 0.692. The second-order valence-corrected chi connectivity index (χ2v) is 6.82. The van der Waals surface area contributed by atoms with Gasteiger partial charge in [0, 0.05) is 17.8 Å². The zero-order chi connectivity index (χ0) is 13.7. The van der Waals surface area contributed by atoms with Crippen molar-refractivity contribution >= 4 is 29.0 Å². The molecule has 1 aromatic rings. The van der Waals surface area contributed by atoms with Crippen LogP contribution in [0.5, 0.6) is 0 Å². The summed E-state index contributed by atoms with van der Waals surface area (Å²) in [6.45, 7) is 0.557. The van der Waals surface area contributed by atoms with Gasteiger partial charge >= 0.3 is 0 Å². The third kappa shape index (κ3) is 4.19. The topological polar surface area (TPSA) is 62.2 Å². The zero-order valence-electron chi connectivity index (χ0n) is 11.1. The molecule has 1 atom stereocenters. The number of nitrogens with one attached hydrogen (secondary N) is 1. The molecular formula is C13H20N2O2S2. The molecule has 0 fully saturated rings. The van der Waals surface area contributed by atoms with Crippen molar-refractivity contribution in [3.63, 3.8) is 0 Å². The van der Waals surface area contributed by atoms with E-state index in [0.717, 1.165) is 30.0 Å². The van der Waals surface area contributed by atoms with Gasteiger partial charge in [0.2, 0.25) is 5.91 Å². The van der Waals surface area contributed by atoms with Gasteiger partial charge in [0.15, 0.2) is 0 Å². The van der Waals surface area contributed by atoms with Gasteiger partial charge in [0.1, 0.15) is 6.10 Å². The van der Waals surface area contributed by atoms with Crippen molar-refractivity contribution < 1.29 is 9.90 Å². The highest BCUT2D eigenvalue weighted by Gasteiger charge is 2.17. The summed E-state index contributed by atoms with van der Waals surface area (Å²) in [5.74, 6) is 0.534. The number of aliphatic hydroxyl groups is 1. The first kappa shape index (κ1) is 14.8. The number of nitrogens with zero attached hydrogens (tertiary/aromatic N) is 1. The average Bonchev–Trinajstić information content (AvgIpc) is 2.96. The summed E-state index contributed by atoms with van der Waals surface area (Å²) in [5, 5.41) is 13.5. The lowest BCUT2D eigenvalue weighted by Gasteiger charge is -2.09. The number of amides is 1. The molecule has 0 unspecified atom stereocenters. The summed E-state index contributed by atoms with van der Waals surface area (Å²) in [4.78, 5) is 17.6. The Balaban J connectivity index is 1.69. The highest BCUT2D eigenvalue weighted by atomic mass is 32.2. The quantitative estimate of drug-likeness (QED) is 0.799. The van der Waals surface area contributed by atoms with Gasteiger partial charge in [0.05, 0.1) is 10.7 Å². The summed E-state index contributed by atoms with van der Waals surface area (Å²) in [5.41, 5.74) is 1.26. The number of aryl methyl sites for hydroxylation is 2. The van der Waals surface area contributed by atoms with E-state index in [1.165, 1.54) is 17.0 Å². The second kappa shape index (κ2) is 7.26. The van der Waals surface area contributed by atoms with E-state index < -0.39 is 6.10 Å². The van der Waals surface area contributed by atoms with Crippen molar-refractivity contribution in [2.75, 3.05) is 18.6 Å². The van der Waals surface area contributed by atoms with E-state index >= 15 is 0 Å². The minimum absolute atomic E-state index is 0.266. The van der Waals surface area contributed by atoms with Crippen LogP contribution in [0.2, 0.25) is 0 Å². The number of carbonyl (C=O) groups excluding carboxylic acids is 1. The van der Waals surface area contributed by atoms with Gasteiger partial charge in [-0.1, -0.05) is 0 Å². The van der Waals surface area contributed by atoms with Crippen LogP contribution in [0.3, 0.4) is 0 Å². The molecule has 4 nitrogen and oxygen atoms in total. The van der Waals surface area contributed by atoms with Gasteiger partial charge in [0.25, 0.3) is 0 Å². The maximum absolute atomic E-state index is 11.6. The van der Waals surface area contributed by atoms with Crippen LogP contribution in [-0.4, -0.2) is 40.7 Å². The molecule has 0 saturated carbocycles. The Morgan fingerprint density at radius 1 is 1.58 bits per heavy atom. The number of hydrogen-bond acceptors (Lipinski definition) is 5. The highest BCUT2D eigenvalue weighted by Crippen LogP contribution is 2.27. The Morgan fingerprint density at radius 3 is 3.16 bits per heavy atom. The van der Waals surface area contributed by atoms with Gasteiger partial charge in [-0.2, -0.15) is 11.8 Å². The smallest absolute Gasteiger partial charge is 0.248 e. The number of carbonyl (C=O) groups is 1. The second-order valence-electron chi connectivity index (χ2n) is 4.67. The summed E-state index contributed by atoms with van der Waals surface area (Å²) in [7, 11) is 0. The summed E-state index contributed by atoms with van der Waals surface area (Å²) < 4.78 is 0. The number of fused-ring (bicyclic) bond motifs is 1. The molecule has 0 aliphatic heterocycles. The first-order valence-corrected chi connectivity index (χ1v) is 8.84. The molecule has 0 saturated heterocycles. The predicted molar refractivity (Wildman–Crippen MR) is 79.9 cm³/mol. The fourth-order valence-corrected chi connectivity index (χ4v) is 3.74. The van der Waals surface area contributed by atoms with Crippen molar-refractivity contribution in [3.8, 4) is 0 Å². The standard InChI is InChI=1S/C13H20N2O2S2/c1-18-8-6-10(16)13(17)14-7-5-12-15-9-3-2-4-11(9)19-12/h10,16H,2-8H2,1H3,(H,14,17)/t10-/m0/s1. The molecule has 106 valence electrons. The molecular weight excluding hydrogens is 280 g/mol. The molecule has 1 aromatic heterocycles. The first-order valence-electron chi connectivity index (χ1n) is 6.63. The Labute approximate surface area is 122 Å². The maximum Gasteiger partial charge on any atom is 0.248 e. The van der Waals surface area contributed by atoms with Crippen LogP contribution in [0.15, 0.2) is 0 Å². The van der Waals surface area contributed by atoms with Crippen molar-refractivity contribution in [2.24, 2.45) is 0 Å². The van der Waals surface area contributed by atoms with E-state index in [0.29, 0.717) is 13.0 Å². The van der Waals surface area contributed by atoms with E-state index in [9.17, 15) is 9.90 Å². The number of hydrogen-bond donors (Lipinski definition) is 2. The van der Waals surface area contributed by atoms with Crippen LogP contribution < -0.4 is 5.32 Å². The highest BCUT2D eigenvalue weighted by molar-refractivity contribution is 7.98. The summed E-state index contributed by atoms with van der Waals surface area (Å²) in [6.07, 6.45) is 5.85. The van der Waals surface area contributed by atoms with Gasteiger partial charge in [-0.25, -0.2) is 4.98 Å². The van der Waals surface area contributed by atoms with Crippen molar-refractivity contribution in [2.45, 2.75) is 38.2 Å². The number of thioether (sulfide) groups is 1. The van der Waals surface area contributed by atoms with Crippen LogP contribution in [-0.2, 0) is 24.1 Å². The molecule has 1 aliphatic rings. The lowest BCUT2D eigenvalue weighted by Crippen LogP contribution is -2.36. The minimum atomic E-state index is -0.881. The Hall–Kier alpha value is -0.590. The molecule has 6 heteroatoms. The molecule has 19 heavy (non-hydrogen) atoms. The molecule has 1 aliphatic carbocycles. The summed E-state index contributed by atoms with van der Waals surface area (Å²) >= 11 is 3.40. The summed E-state index contributed by atoms with van der Waals surface area (Å²) in [6, 6.07) is 0. The third-order valence-corrected chi connectivity index (χ3v) is 5.04. The van der Waals surface area contributed by atoms with E-state index in [-0.39, 0.29) is 5.91 Å². The fourth-order valence-electron chi connectivity index (χ4n) is 2.12. The number of aromatic nitrogens is 1. The van der Waals surface area contributed by atoms with E-state index in [2.05, 4.69) is 10.3 Å². The van der Waals surface area contributed by atoms with Gasteiger partial charge in [-0.05, 0) is 37.7 Å². The van der Waals surface area contributed by atoms with Crippen LogP contribution in [0.1, 0.15) is 28.4 Å². The lowest BCUT2D eigenvalue weighted by atomic mass is 10.2. The number of rotatable bonds is 7. The SMILES string of the molecule is CSCC[C@H](O)C(=O)NCCc1nc2c(s1)CCC2. The zero-order valence-corrected chi connectivity index (χ0v) is 12.8. The van der Waals surface area contributed by atoms with Crippen LogP contribution in [0, 0.1) is 0 Å². The monoisotopic (exact) mass is 300 g/mol. The Kier molecular flexibility index (Phi) is 5.66. The van der Waals surface area contributed by atoms with Crippen LogP contribution >= 0.6 is 23.1 Å².